The van der Waals surface area contributed by atoms with Crippen LogP contribution in [-0.2, 0) is 4.74 Å². The highest BCUT2D eigenvalue weighted by atomic mass is 32.2. The fraction of sp³-hybridized carbons (Fsp3) is 0.222. The number of nitrogens with one attached hydrogen (secondary N) is 1. The summed E-state index contributed by atoms with van der Waals surface area (Å²) in [5.41, 5.74) is 1.33. The Balaban J connectivity index is 2.21. The van der Waals surface area contributed by atoms with E-state index in [0.717, 1.165) is 4.90 Å². The van der Waals surface area contributed by atoms with E-state index in [-0.39, 0.29) is 5.91 Å². The molecule has 0 saturated carbocycles. The largest absolute Gasteiger partial charge is 0.496 e. The first-order valence-corrected chi connectivity index (χ1v) is 8.62. The summed E-state index contributed by atoms with van der Waals surface area (Å²) in [5, 5.41) is 2.77. The lowest BCUT2D eigenvalue weighted by Crippen LogP contribution is -2.14. The molecular weight excluding hydrogens is 326 g/mol. The number of ether oxygens (including phenoxy) is 2. The molecule has 1 amide bonds. The Morgan fingerprint density at radius 3 is 2.62 bits per heavy atom. The number of thioether (sulfide) groups is 1. The molecule has 0 aliphatic carbocycles. The lowest BCUT2D eigenvalue weighted by atomic mass is 10.1. The van der Waals surface area contributed by atoms with Crippen molar-refractivity contribution in [2.45, 2.75) is 11.8 Å². The minimum atomic E-state index is -0.421. The van der Waals surface area contributed by atoms with E-state index in [2.05, 4.69) is 5.32 Å². The highest BCUT2D eigenvalue weighted by Gasteiger charge is 2.14. The first kappa shape index (κ1) is 17.9. The zero-order valence-corrected chi connectivity index (χ0v) is 14.6. The monoisotopic (exact) mass is 345 g/mol. The van der Waals surface area contributed by atoms with Crippen LogP contribution in [0.25, 0.3) is 0 Å². The Bertz CT molecular complexity index is 746. The van der Waals surface area contributed by atoms with Gasteiger partial charge in [0.15, 0.2) is 0 Å². The normalized spacial score (nSPS) is 10.1. The molecule has 0 atom stereocenters. The Kier molecular flexibility index (Phi) is 6.26. The van der Waals surface area contributed by atoms with Crippen molar-refractivity contribution in [3.05, 3.63) is 53.6 Å². The van der Waals surface area contributed by atoms with Crippen molar-refractivity contribution in [2.75, 3.05) is 25.3 Å². The van der Waals surface area contributed by atoms with Gasteiger partial charge in [-0.25, -0.2) is 4.79 Å². The summed E-state index contributed by atoms with van der Waals surface area (Å²) < 4.78 is 10.3. The maximum Gasteiger partial charge on any atom is 0.338 e. The van der Waals surface area contributed by atoms with Crippen LogP contribution in [-0.4, -0.2) is 31.8 Å². The van der Waals surface area contributed by atoms with Crippen LogP contribution >= 0.6 is 11.8 Å². The average molecular weight is 345 g/mol. The molecular formula is C18H19NO4S. The van der Waals surface area contributed by atoms with Crippen molar-refractivity contribution in [1.29, 1.82) is 0 Å². The topological polar surface area (TPSA) is 64.6 Å². The molecule has 0 aliphatic rings. The van der Waals surface area contributed by atoms with Crippen LogP contribution in [0.2, 0.25) is 0 Å². The molecule has 2 rings (SSSR count). The van der Waals surface area contributed by atoms with E-state index in [9.17, 15) is 9.59 Å². The molecule has 0 saturated heterocycles. The molecule has 0 heterocycles. The van der Waals surface area contributed by atoms with Crippen molar-refractivity contribution in [3.63, 3.8) is 0 Å². The predicted molar refractivity (Wildman–Crippen MR) is 95.1 cm³/mol. The fourth-order valence-corrected chi connectivity index (χ4v) is 2.55. The van der Waals surface area contributed by atoms with Crippen molar-refractivity contribution in [2.24, 2.45) is 0 Å². The van der Waals surface area contributed by atoms with E-state index in [4.69, 9.17) is 9.47 Å². The van der Waals surface area contributed by atoms with Crippen LogP contribution < -0.4 is 10.1 Å². The zero-order valence-electron chi connectivity index (χ0n) is 13.8. The molecule has 6 heteroatoms. The smallest absolute Gasteiger partial charge is 0.338 e. The van der Waals surface area contributed by atoms with Crippen LogP contribution in [0.3, 0.4) is 0 Å². The lowest BCUT2D eigenvalue weighted by Gasteiger charge is -2.11. The van der Waals surface area contributed by atoms with Crippen LogP contribution in [0.15, 0.2) is 47.4 Å². The molecule has 2 aromatic rings. The van der Waals surface area contributed by atoms with E-state index in [0.29, 0.717) is 29.2 Å². The highest BCUT2D eigenvalue weighted by molar-refractivity contribution is 7.98. The fourth-order valence-electron chi connectivity index (χ4n) is 2.12. The third-order valence-corrected chi connectivity index (χ3v) is 4.01. The molecule has 24 heavy (non-hydrogen) atoms. The second-order valence-electron chi connectivity index (χ2n) is 4.82. The van der Waals surface area contributed by atoms with Crippen molar-refractivity contribution in [3.8, 4) is 5.75 Å². The van der Waals surface area contributed by atoms with Gasteiger partial charge in [-0.1, -0.05) is 6.07 Å². The number of carbonyl (C=O) groups excluding carboxylic acids is 2. The van der Waals surface area contributed by atoms with Crippen LogP contribution in [0.5, 0.6) is 5.75 Å². The SMILES string of the molecule is CCOC(=O)c1cccc(NC(=O)c2ccc(SC)cc2OC)c1. The predicted octanol–water partition coefficient (Wildman–Crippen LogP) is 3.85. The molecule has 0 radical (unpaired) electrons. The lowest BCUT2D eigenvalue weighted by molar-refractivity contribution is 0.0526. The summed E-state index contributed by atoms with van der Waals surface area (Å²) in [6, 6.07) is 12.0. The number of methoxy groups -OCH3 is 1. The Hall–Kier alpha value is -2.47. The number of benzene rings is 2. The second kappa shape index (κ2) is 8.40. The van der Waals surface area contributed by atoms with E-state index in [1.807, 2.05) is 18.4 Å². The molecule has 0 aliphatic heterocycles. The van der Waals surface area contributed by atoms with Crippen molar-refractivity contribution in [1.82, 2.24) is 0 Å². The number of rotatable bonds is 6. The van der Waals surface area contributed by atoms with Gasteiger partial charge in [-0.05, 0) is 49.6 Å². The third-order valence-electron chi connectivity index (χ3n) is 3.28. The Labute approximate surface area is 145 Å². The Morgan fingerprint density at radius 2 is 1.96 bits per heavy atom. The Morgan fingerprint density at radius 1 is 1.17 bits per heavy atom. The third kappa shape index (κ3) is 4.29. The van der Waals surface area contributed by atoms with E-state index < -0.39 is 5.97 Å². The molecule has 0 fully saturated rings. The van der Waals surface area contributed by atoms with Gasteiger partial charge >= 0.3 is 5.97 Å². The van der Waals surface area contributed by atoms with Gasteiger partial charge in [0.2, 0.25) is 0 Å². The van der Waals surface area contributed by atoms with Gasteiger partial charge in [0.25, 0.3) is 5.91 Å². The average Bonchev–Trinajstić information content (AvgIpc) is 2.61. The van der Waals surface area contributed by atoms with Crippen molar-refractivity contribution < 1.29 is 19.1 Å². The van der Waals surface area contributed by atoms with E-state index >= 15 is 0 Å². The number of carbonyl (C=O) groups is 2. The summed E-state index contributed by atoms with van der Waals surface area (Å²) in [4.78, 5) is 25.3. The quantitative estimate of drug-likeness (QED) is 0.636. The molecule has 1 N–H and O–H groups in total. The van der Waals surface area contributed by atoms with Gasteiger partial charge in [-0.2, -0.15) is 0 Å². The summed E-state index contributed by atoms with van der Waals surface area (Å²) in [7, 11) is 1.53. The second-order valence-corrected chi connectivity index (χ2v) is 5.70. The number of anilines is 1. The molecule has 0 unspecified atom stereocenters. The van der Waals surface area contributed by atoms with Crippen LogP contribution in [0.1, 0.15) is 27.6 Å². The summed E-state index contributed by atoms with van der Waals surface area (Å²) in [5.74, 6) is -0.225. The summed E-state index contributed by atoms with van der Waals surface area (Å²) >= 11 is 1.57. The van der Waals surface area contributed by atoms with Gasteiger partial charge in [0.1, 0.15) is 5.75 Å². The molecule has 5 nitrogen and oxygen atoms in total. The van der Waals surface area contributed by atoms with Crippen LogP contribution in [0.4, 0.5) is 5.69 Å². The van der Waals surface area contributed by atoms with Crippen molar-refractivity contribution >= 4 is 29.3 Å². The van der Waals surface area contributed by atoms with Gasteiger partial charge in [-0.3, -0.25) is 4.79 Å². The molecule has 126 valence electrons. The molecule has 0 spiro atoms. The summed E-state index contributed by atoms with van der Waals surface area (Å²) in [6.45, 7) is 2.04. The highest BCUT2D eigenvalue weighted by Crippen LogP contribution is 2.26. The minimum Gasteiger partial charge on any atom is -0.496 e. The summed E-state index contributed by atoms with van der Waals surface area (Å²) in [6.07, 6.45) is 1.95. The van der Waals surface area contributed by atoms with Gasteiger partial charge in [0, 0.05) is 10.6 Å². The van der Waals surface area contributed by atoms with Gasteiger partial charge < -0.3 is 14.8 Å². The molecule has 0 bridgehead atoms. The van der Waals surface area contributed by atoms with Crippen LogP contribution in [0, 0.1) is 0 Å². The maximum absolute atomic E-state index is 12.5. The van der Waals surface area contributed by atoms with Gasteiger partial charge in [0.05, 0.1) is 24.8 Å². The van der Waals surface area contributed by atoms with E-state index in [1.165, 1.54) is 7.11 Å². The first-order valence-electron chi connectivity index (χ1n) is 7.39. The van der Waals surface area contributed by atoms with E-state index in [1.54, 1.807) is 49.0 Å². The minimum absolute atomic E-state index is 0.300. The first-order chi connectivity index (χ1) is 11.6. The molecule has 0 aromatic heterocycles. The number of hydrogen-bond donors (Lipinski definition) is 1. The molecule has 2 aromatic carbocycles. The number of esters is 1. The maximum atomic E-state index is 12.5. The van der Waals surface area contributed by atoms with Gasteiger partial charge in [-0.15, -0.1) is 11.8 Å². The zero-order chi connectivity index (χ0) is 17.5. The number of hydrogen-bond acceptors (Lipinski definition) is 5. The standard InChI is InChI=1S/C18H19NO4S/c1-4-23-18(21)12-6-5-7-13(10-12)19-17(20)15-9-8-14(24-3)11-16(15)22-2/h5-11H,4H2,1-3H3,(H,19,20). The number of amides is 1.